The van der Waals surface area contributed by atoms with Crippen molar-refractivity contribution in [2.75, 3.05) is 52.1 Å². The van der Waals surface area contributed by atoms with E-state index in [0.717, 1.165) is 60.6 Å². The molecule has 0 unspecified atom stereocenters. The molecule has 2 aromatic rings. The Morgan fingerprint density at radius 3 is 2.20 bits per heavy atom. The summed E-state index contributed by atoms with van der Waals surface area (Å²) in [7, 11) is 4.08. The van der Waals surface area contributed by atoms with E-state index in [4.69, 9.17) is 4.74 Å². The van der Waals surface area contributed by atoms with Crippen LogP contribution in [0.2, 0.25) is 0 Å². The van der Waals surface area contributed by atoms with Gasteiger partial charge in [0.1, 0.15) is 11.9 Å². The normalized spacial score (nSPS) is 20.6. The largest absolute Gasteiger partial charge is 0.490 e. The maximum Gasteiger partial charge on any atom is 0.251 e. The van der Waals surface area contributed by atoms with E-state index in [1.807, 2.05) is 37.4 Å². The van der Waals surface area contributed by atoms with Crippen LogP contribution in [0.4, 0.5) is 5.69 Å². The first-order valence-electron chi connectivity index (χ1n) is 16.0. The van der Waals surface area contributed by atoms with Gasteiger partial charge < -0.3 is 20.3 Å². The molecule has 2 aromatic carbocycles. The molecule has 1 amide bonds. The predicted octanol–water partition coefficient (Wildman–Crippen LogP) is 6.57. The Morgan fingerprint density at radius 2 is 1.54 bits per heavy atom. The zero-order valence-electron chi connectivity index (χ0n) is 25.4. The zero-order valence-corrected chi connectivity index (χ0v) is 25.4. The van der Waals surface area contributed by atoms with Crippen LogP contribution in [0.15, 0.2) is 49.0 Å². The third-order valence-corrected chi connectivity index (χ3v) is 9.69. The van der Waals surface area contributed by atoms with Crippen molar-refractivity contribution in [2.45, 2.75) is 82.3 Å². The number of anilines is 1. The van der Waals surface area contributed by atoms with Crippen molar-refractivity contribution in [2.24, 2.45) is 0 Å². The highest BCUT2D eigenvalue weighted by Crippen LogP contribution is 2.35. The third-order valence-electron chi connectivity index (χ3n) is 9.69. The SMILES string of the molecule is C=C(c1ccc(OC2CCN(C)CC2)cc1)c1cc(C(=O)NCC2(N3CCCCC3)CCCCCC2)ccc1NC. The van der Waals surface area contributed by atoms with Gasteiger partial charge in [0.25, 0.3) is 5.91 Å². The monoisotopic (exact) mass is 558 g/mol. The Kier molecular flexibility index (Phi) is 10.0. The van der Waals surface area contributed by atoms with Crippen molar-refractivity contribution in [1.82, 2.24) is 15.1 Å². The summed E-state index contributed by atoms with van der Waals surface area (Å²) in [5.41, 5.74) is 4.61. The van der Waals surface area contributed by atoms with E-state index < -0.39 is 0 Å². The Bertz CT molecular complexity index is 1160. The average Bonchev–Trinajstić information content (AvgIpc) is 3.28. The van der Waals surface area contributed by atoms with E-state index in [-0.39, 0.29) is 17.6 Å². The molecule has 1 aliphatic carbocycles. The molecule has 2 heterocycles. The van der Waals surface area contributed by atoms with Crippen molar-refractivity contribution in [1.29, 1.82) is 0 Å². The van der Waals surface area contributed by atoms with E-state index in [9.17, 15) is 4.79 Å². The Labute approximate surface area is 247 Å². The van der Waals surface area contributed by atoms with Crippen LogP contribution in [-0.4, -0.2) is 74.2 Å². The molecule has 2 aliphatic heterocycles. The van der Waals surface area contributed by atoms with Crippen LogP contribution < -0.4 is 15.4 Å². The number of likely N-dealkylation sites (tertiary alicyclic amines) is 2. The Morgan fingerprint density at radius 1 is 0.902 bits per heavy atom. The fourth-order valence-corrected chi connectivity index (χ4v) is 7.05. The molecule has 41 heavy (non-hydrogen) atoms. The lowest BCUT2D eigenvalue weighted by Crippen LogP contribution is -2.57. The van der Waals surface area contributed by atoms with Crippen molar-refractivity contribution >= 4 is 17.2 Å². The molecule has 0 bridgehead atoms. The molecule has 0 aromatic heterocycles. The van der Waals surface area contributed by atoms with Gasteiger partial charge >= 0.3 is 0 Å². The van der Waals surface area contributed by atoms with E-state index in [0.29, 0.717) is 5.56 Å². The molecule has 5 rings (SSSR count). The minimum absolute atomic E-state index is 0.00390. The molecule has 0 spiro atoms. The molecule has 3 aliphatic rings. The summed E-state index contributed by atoms with van der Waals surface area (Å²) < 4.78 is 6.25. The maximum atomic E-state index is 13.6. The summed E-state index contributed by atoms with van der Waals surface area (Å²) in [4.78, 5) is 18.6. The second-order valence-corrected chi connectivity index (χ2v) is 12.5. The molecular formula is C35H50N4O2. The number of carbonyl (C=O) groups is 1. The number of nitrogens with zero attached hydrogens (tertiary/aromatic N) is 2. The Hall–Kier alpha value is -2.83. The van der Waals surface area contributed by atoms with Crippen LogP contribution in [0.25, 0.3) is 5.57 Å². The number of piperidine rings is 2. The molecule has 2 N–H and O–H groups in total. The van der Waals surface area contributed by atoms with E-state index in [1.165, 1.54) is 70.9 Å². The molecule has 6 heteroatoms. The van der Waals surface area contributed by atoms with Gasteiger partial charge in [0.05, 0.1) is 0 Å². The Balaban J connectivity index is 1.27. The number of hydrogen-bond donors (Lipinski definition) is 2. The molecule has 3 fully saturated rings. The number of amides is 1. The number of benzene rings is 2. The second kappa shape index (κ2) is 13.9. The third kappa shape index (κ3) is 7.34. The van der Waals surface area contributed by atoms with E-state index >= 15 is 0 Å². The zero-order chi connectivity index (χ0) is 28.7. The number of rotatable bonds is 9. The smallest absolute Gasteiger partial charge is 0.251 e. The fraction of sp³-hybridized carbons (Fsp3) is 0.571. The number of nitrogens with one attached hydrogen (secondary N) is 2. The topological polar surface area (TPSA) is 56.8 Å². The van der Waals surface area contributed by atoms with Crippen molar-refractivity contribution in [3.05, 3.63) is 65.7 Å². The van der Waals surface area contributed by atoms with Gasteiger partial charge in [-0.15, -0.1) is 0 Å². The van der Waals surface area contributed by atoms with Gasteiger partial charge in [-0.3, -0.25) is 9.69 Å². The number of ether oxygens (including phenoxy) is 1. The minimum Gasteiger partial charge on any atom is -0.490 e. The molecule has 222 valence electrons. The lowest BCUT2D eigenvalue weighted by molar-refractivity contribution is 0.0489. The first-order chi connectivity index (χ1) is 20.0. The minimum atomic E-state index is 0.00390. The first-order valence-corrected chi connectivity index (χ1v) is 16.0. The molecule has 1 saturated carbocycles. The lowest BCUT2D eigenvalue weighted by Gasteiger charge is -2.46. The van der Waals surface area contributed by atoms with Crippen LogP contribution in [-0.2, 0) is 0 Å². The van der Waals surface area contributed by atoms with Gasteiger partial charge in [-0.2, -0.15) is 0 Å². The summed E-state index contributed by atoms with van der Waals surface area (Å²) in [6, 6.07) is 14.2. The summed E-state index contributed by atoms with van der Waals surface area (Å²) in [6.07, 6.45) is 13.8. The van der Waals surface area contributed by atoms with E-state index in [1.54, 1.807) is 0 Å². The van der Waals surface area contributed by atoms with Gasteiger partial charge in [0.15, 0.2) is 0 Å². The first kappa shape index (κ1) is 29.7. The van der Waals surface area contributed by atoms with Crippen LogP contribution in [0.1, 0.15) is 92.1 Å². The molecule has 6 nitrogen and oxygen atoms in total. The highest BCUT2D eigenvalue weighted by atomic mass is 16.5. The average molecular weight is 559 g/mol. The van der Waals surface area contributed by atoms with Gasteiger partial charge in [-0.05, 0) is 100 Å². The molecule has 0 radical (unpaired) electrons. The quantitative estimate of drug-likeness (QED) is 0.341. The standard InChI is InChI=1S/C35H50N4O2/c1-27(28-11-14-30(15-12-28)41-31-17-23-38(3)24-18-31)32-25-29(13-16-33(32)36-2)34(40)37-26-35(19-7-4-5-8-20-35)39-21-9-6-10-22-39/h11-16,25,31,36H,1,4-10,17-24,26H2,2-3H3,(H,37,40). The number of carbonyl (C=O) groups excluding carboxylic acids is 1. The van der Waals surface area contributed by atoms with Crippen LogP contribution in [0.3, 0.4) is 0 Å². The van der Waals surface area contributed by atoms with Crippen LogP contribution in [0.5, 0.6) is 5.75 Å². The van der Waals surface area contributed by atoms with Gasteiger partial charge in [0, 0.05) is 49.0 Å². The summed E-state index contributed by atoms with van der Waals surface area (Å²) in [5, 5.41) is 6.67. The van der Waals surface area contributed by atoms with Crippen LogP contribution >= 0.6 is 0 Å². The van der Waals surface area contributed by atoms with E-state index in [2.05, 4.69) is 46.2 Å². The van der Waals surface area contributed by atoms with Crippen LogP contribution in [0, 0.1) is 0 Å². The summed E-state index contributed by atoms with van der Waals surface area (Å²) in [5.74, 6) is 0.906. The fourth-order valence-electron chi connectivity index (χ4n) is 7.05. The van der Waals surface area contributed by atoms with Crippen molar-refractivity contribution < 1.29 is 9.53 Å². The lowest BCUT2D eigenvalue weighted by atomic mass is 9.86. The highest BCUT2D eigenvalue weighted by Gasteiger charge is 2.37. The highest BCUT2D eigenvalue weighted by molar-refractivity contribution is 5.97. The van der Waals surface area contributed by atoms with Gasteiger partial charge in [-0.25, -0.2) is 0 Å². The predicted molar refractivity (Wildman–Crippen MR) is 170 cm³/mol. The second-order valence-electron chi connectivity index (χ2n) is 12.5. The molecular weight excluding hydrogens is 508 g/mol. The van der Waals surface area contributed by atoms with Gasteiger partial charge in [-0.1, -0.05) is 50.8 Å². The van der Waals surface area contributed by atoms with Gasteiger partial charge in [0.2, 0.25) is 0 Å². The van der Waals surface area contributed by atoms with Crippen molar-refractivity contribution in [3.63, 3.8) is 0 Å². The summed E-state index contributed by atoms with van der Waals surface area (Å²) in [6.45, 7) is 9.65. The summed E-state index contributed by atoms with van der Waals surface area (Å²) >= 11 is 0. The molecule has 2 saturated heterocycles. The molecule has 0 atom stereocenters. The maximum absolute atomic E-state index is 13.6. The number of hydrogen-bond acceptors (Lipinski definition) is 5. The van der Waals surface area contributed by atoms with Crippen molar-refractivity contribution in [3.8, 4) is 5.75 Å².